The van der Waals surface area contributed by atoms with Crippen LogP contribution in [0.2, 0.25) is 0 Å². The fourth-order valence-corrected chi connectivity index (χ4v) is 4.48. The van der Waals surface area contributed by atoms with Crippen molar-refractivity contribution in [2.45, 2.75) is 32.7 Å². The normalized spacial score (nSPS) is 16.0. The summed E-state index contributed by atoms with van der Waals surface area (Å²) < 4.78 is 5.13. The van der Waals surface area contributed by atoms with E-state index in [1.165, 1.54) is 10.4 Å². The van der Waals surface area contributed by atoms with Gasteiger partial charge < -0.3 is 14.7 Å². The highest BCUT2D eigenvalue weighted by Crippen LogP contribution is 2.33. The van der Waals surface area contributed by atoms with Crippen LogP contribution in [0.3, 0.4) is 0 Å². The summed E-state index contributed by atoms with van der Waals surface area (Å²) in [5.74, 6) is 0.256. The number of nitrogens with zero attached hydrogens (tertiary/aromatic N) is 1. The third-order valence-electron chi connectivity index (χ3n) is 4.68. The summed E-state index contributed by atoms with van der Waals surface area (Å²) in [5.41, 5.74) is 3.06. The van der Waals surface area contributed by atoms with Gasteiger partial charge in [-0.3, -0.25) is 4.79 Å². The van der Waals surface area contributed by atoms with Crippen molar-refractivity contribution in [1.29, 1.82) is 0 Å². The van der Waals surface area contributed by atoms with Gasteiger partial charge in [0.05, 0.1) is 5.56 Å². The Bertz CT molecular complexity index is 797. The van der Waals surface area contributed by atoms with Crippen LogP contribution in [0.1, 0.15) is 39.7 Å². The van der Waals surface area contributed by atoms with Gasteiger partial charge in [-0.1, -0.05) is 19.1 Å². The lowest BCUT2D eigenvalue weighted by Gasteiger charge is -2.21. The molecule has 6 heteroatoms. The Balaban J connectivity index is 1.64. The van der Waals surface area contributed by atoms with E-state index in [1.807, 2.05) is 24.6 Å². The number of carbonyl (C=O) groups excluding carboxylic acids is 1. The minimum Gasteiger partial charge on any atom is -0.482 e. The van der Waals surface area contributed by atoms with Crippen molar-refractivity contribution in [3.05, 3.63) is 51.2 Å². The van der Waals surface area contributed by atoms with Crippen molar-refractivity contribution >= 4 is 23.2 Å². The predicted molar refractivity (Wildman–Crippen MR) is 101 cm³/mol. The van der Waals surface area contributed by atoms with E-state index in [0.717, 1.165) is 30.4 Å². The fraction of sp³-hybridized carbons (Fsp3) is 0.400. The van der Waals surface area contributed by atoms with Crippen LogP contribution in [0.15, 0.2) is 29.6 Å². The minimum atomic E-state index is -1.01. The van der Waals surface area contributed by atoms with Gasteiger partial charge in [-0.2, -0.15) is 0 Å². The van der Waals surface area contributed by atoms with Gasteiger partial charge in [0.1, 0.15) is 5.75 Å². The summed E-state index contributed by atoms with van der Waals surface area (Å²) in [6, 6.07) is 7.16. The van der Waals surface area contributed by atoms with Crippen LogP contribution >= 0.6 is 11.3 Å². The molecule has 2 aromatic rings. The van der Waals surface area contributed by atoms with Gasteiger partial charge in [0.2, 0.25) is 0 Å². The van der Waals surface area contributed by atoms with Crippen LogP contribution in [0.25, 0.3) is 0 Å². The molecule has 1 amide bonds. The molecule has 1 aromatic heterocycles. The van der Waals surface area contributed by atoms with Crippen LogP contribution in [-0.4, -0.2) is 35.5 Å². The number of rotatable bonds is 6. The van der Waals surface area contributed by atoms with Gasteiger partial charge >= 0.3 is 5.97 Å². The minimum absolute atomic E-state index is 0.0586. The molecule has 0 saturated carbocycles. The zero-order valence-corrected chi connectivity index (χ0v) is 15.8. The highest BCUT2D eigenvalue weighted by molar-refractivity contribution is 7.10. The molecule has 0 radical (unpaired) electrons. The Labute approximate surface area is 157 Å². The summed E-state index contributed by atoms with van der Waals surface area (Å²) in [7, 11) is 1.81. The quantitative estimate of drug-likeness (QED) is 0.840. The smallest absolute Gasteiger partial charge is 0.341 e. The summed E-state index contributed by atoms with van der Waals surface area (Å²) in [6.07, 6.45) is 3.21. The maximum absolute atomic E-state index is 12.9. The Morgan fingerprint density at radius 2 is 2.04 bits per heavy atom. The Morgan fingerprint density at radius 1 is 1.31 bits per heavy atom. The third-order valence-corrected chi connectivity index (χ3v) is 5.74. The zero-order valence-electron chi connectivity index (χ0n) is 15.0. The number of carboxylic acid groups (broad SMARTS) is 1. The van der Waals surface area contributed by atoms with E-state index in [0.29, 0.717) is 18.2 Å². The lowest BCUT2D eigenvalue weighted by atomic mass is 9.88. The van der Waals surface area contributed by atoms with E-state index in [1.54, 1.807) is 28.4 Å². The molecule has 0 bridgehead atoms. The van der Waals surface area contributed by atoms with Gasteiger partial charge in [0.25, 0.3) is 5.91 Å². The van der Waals surface area contributed by atoms with E-state index in [-0.39, 0.29) is 12.5 Å². The van der Waals surface area contributed by atoms with Gasteiger partial charge in [-0.05, 0) is 48.4 Å². The first-order valence-corrected chi connectivity index (χ1v) is 9.60. The molecule has 1 heterocycles. The number of fused-ring (bicyclic) bond motifs is 1. The number of thiophene rings is 1. The lowest BCUT2D eigenvalue weighted by Crippen LogP contribution is -2.27. The van der Waals surface area contributed by atoms with E-state index < -0.39 is 5.97 Å². The van der Waals surface area contributed by atoms with E-state index in [4.69, 9.17) is 9.84 Å². The number of hydrogen-bond acceptors (Lipinski definition) is 4. The molecule has 1 aliphatic rings. The lowest BCUT2D eigenvalue weighted by molar-refractivity contribution is -0.139. The van der Waals surface area contributed by atoms with Crippen molar-refractivity contribution in [3.63, 3.8) is 0 Å². The number of hydrogen-bond donors (Lipinski definition) is 1. The molecular weight excluding hydrogens is 350 g/mol. The predicted octanol–water partition coefficient (Wildman–Crippen LogP) is 3.61. The first-order valence-electron chi connectivity index (χ1n) is 8.72. The molecule has 0 saturated heterocycles. The second kappa shape index (κ2) is 7.91. The molecule has 138 valence electrons. The average Bonchev–Trinajstić information content (AvgIpc) is 3.03. The Hall–Kier alpha value is -2.34. The third kappa shape index (κ3) is 4.25. The molecule has 1 atom stereocenters. The first kappa shape index (κ1) is 18.5. The van der Waals surface area contributed by atoms with Gasteiger partial charge in [-0.15, -0.1) is 11.3 Å². The number of aliphatic carboxylic acids is 1. The summed E-state index contributed by atoms with van der Waals surface area (Å²) in [6.45, 7) is 2.40. The van der Waals surface area contributed by atoms with Gasteiger partial charge in [0.15, 0.2) is 6.61 Å². The topological polar surface area (TPSA) is 66.8 Å². The van der Waals surface area contributed by atoms with E-state index in [9.17, 15) is 9.59 Å². The average molecular weight is 373 g/mol. The Kier molecular flexibility index (Phi) is 5.61. The molecule has 0 aliphatic heterocycles. The van der Waals surface area contributed by atoms with Crippen LogP contribution in [0.4, 0.5) is 0 Å². The highest BCUT2D eigenvalue weighted by Gasteiger charge is 2.24. The summed E-state index contributed by atoms with van der Waals surface area (Å²) >= 11 is 1.71. The monoisotopic (exact) mass is 373 g/mol. The van der Waals surface area contributed by atoms with Crippen LogP contribution in [0, 0.1) is 5.92 Å². The second-order valence-electron chi connectivity index (χ2n) is 6.89. The molecule has 3 rings (SSSR count). The number of benzene rings is 1. The van der Waals surface area contributed by atoms with E-state index in [2.05, 4.69) is 6.92 Å². The van der Waals surface area contributed by atoms with Crippen molar-refractivity contribution in [2.24, 2.45) is 5.92 Å². The highest BCUT2D eigenvalue weighted by atomic mass is 32.1. The van der Waals surface area contributed by atoms with Gasteiger partial charge in [0, 0.05) is 23.8 Å². The Morgan fingerprint density at radius 3 is 2.73 bits per heavy atom. The molecule has 1 aliphatic carbocycles. The number of amides is 1. The molecule has 26 heavy (non-hydrogen) atoms. The van der Waals surface area contributed by atoms with Crippen LogP contribution in [-0.2, 0) is 24.2 Å². The van der Waals surface area contributed by atoms with Crippen molar-refractivity contribution in [3.8, 4) is 5.75 Å². The van der Waals surface area contributed by atoms with Crippen LogP contribution < -0.4 is 4.74 Å². The summed E-state index contributed by atoms with van der Waals surface area (Å²) in [4.78, 5) is 26.5. The van der Waals surface area contributed by atoms with Crippen molar-refractivity contribution in [2.75, 3.05) is 13.7 Å². The second-order valence-corrected chi connectivity index (χ2v) is 7.85. The van der Waals surface area contributed by atoms with Crippen molar-refractivity contribution < 1.29 is 19.4 Å². The number of carboxylic acids is 1. The SMILES string of the molecule is CC1CCc2c(C(=O)N(C)Cc3ccc(OCC(=O)O)cc3)csc2C1. The fourth-order valence-electron chi connectivity index (χ4n) is 3.24. The number of ether oxygens (including phenoxy) is 1. The molecule has 1 unspecified atom stereocenters. The molecule has 1 aromatic carbocycles. The standard InChI is InChI=1S/C20H23NO4S/c1-13-3-8-16-17(12-26-18(16)9-13)20(24)21(2)10-14-4-6-15(7-5-14)25-11-19(22)23/h4-7,12-13H,3,8-11H2,1-2H3,(H,22,23). The van der Waals surface area contributed by atoms with E-state index >= 15 is 0 Å². The maximum atomic E-state index is 12.9. The van der Waals surface area contributed by atoms with Crippen molar-refractivity contribution in [1.82, 2.24) is 4.90 Å². The maximum Gasteiger partial charge on any atom is 0.341 e. The molecule has 0 spiro atoms. The molecule has 1 N–H and O–H groups in total. The first-order chi connectivity index (χ1) is 12.4. The largest absolute Gasteiger partial charge is 0.482 e. The molecular formula is C20H23NO4S. The van der Waals surface area contributed by atoms with Gasteiger partial charge in [-0.25, -0.2) is 4.79 Å². The molecule has 0 fully saturated rings. The van der Waals surface area contributed by atoms with Crippen LogP contribution in [0.5, 0.6) is 5.75 Å². The zero-order chi connectivity index (χ0) is 18.7. The molecule has 5 nitrogen and oxygen atoms in total. The number of carbonyl (C=O) groups is 2. The summed E-state index contributed by atoms with van der Waals surface area (Å²) in [5, 5.41) is 10.6.